The fourth-order valence-electron chi connectivity index (χ4n) is 4.84. The van der Waals surface area contributed by atoms with Gasteiger partial charge in [0.05, 0.1) is 18.9 Å². The van der Waals surface area contributed by atoms with Crippen molar-refractivity contribution >= 4 is 45.1 Å². The van der Waals surface area contributed by atoms with Crippen molar-refractivity contribution in [1.82, 2.24) is 5.01 Å². The highest BCUT2D eigenvalue weighted by Crippen LogP contribution is 2.39. The van der Waals surface area contributed by atoms with Crippen LogP contribution in [-0.2, 0) is 4.79 Å². The molecular weight excluding hydrogens is 513 g/mol. The molecule has 0 aliphatic carbocycles. The number of ketones is 1. The molecule has 2 heterocycles. The van der Waals surface area contributed by atoms with Gasteiger partial charge in [0.15, 0.2) is 11.0 Å². The van der Waals surface area contributed by atoms with Crippen LogP contribution in [0.2, 0.25) is 0 Å². The number of benzene rings is 4. The lowest BCUT2D eigenvalue weighted by Gasteiger charge is -2.23. The van der Waals surface area contributed by atoms with Crippen molar-refractivity contribution in [3.05, 3.63) is 114 Å². The molecule has 0 bridgehead atoms. The maximum absolute atomic E-state index is 13.3. The third-order valence-corrected chi connectivity index (χ3v) is 8.10. The molecule has 1 amide bonds. The highest BCUT2D eigenvalue weighted by molar-refractivity contribution is 8.15. The van der Waals surface area contributed by atoms with Crippen LogP contribution in [0.5, 0.6) is 5.75 Å². The highest BCUT2D eigenvalue weighted by atomic mass is 32.2. The molecule has 4 aromatic rings. The van der Waals surface area contributed by atoms with Crippen LogP contribution in [0.4, 0.5) is 4.39 Å². The van der Waals surface area contributed by atoms with Crippen LogP contribution in [0.15, 0.2) is 101 Å². The Morgan fingerprint density at radius 2 is 1.74 bits per heavy atom. The van der Waals surface area contributed by atoms with Gasteiger partial charge < -0.3 is 4.74 Å². The maximum Gasteiger partial charge on any atom is 0.262 e. The summed E-state index contributed by atoms with van der Waals surface area (Å²) in [6.07, 6.45) is 0.599. The number of ether oxygens (including phenoxy) is 1. The van der Waals surface area contributed by atoms with Crippen molar-refractivity contribution in [2.75, 3.05) is 7.11 Å². The number of amidine groups is 1. The predicted octanol–water partition coefficient (Wildman–Crippen LogP) is 6.41. The lowest BCUT2D eigenvalue weighted by Crippen LogP contribution is -2.24. The van der Waals surface area contributed by atoms with Crippen LogP contribution in [0.25, 0.3) is 10.8 Å². The van der Waals surface area contributed by atoms with E-state index in [1.54, 1.807) is 12.1 Å². The van der Waals surface area contributed by atoms with E-state index in [1.165, 1.54) is 36.0 Å². The number of hydrogen-bond acceptors (Lipinski definition) is 6. The molecule has 6 rings (SSSR count). The number of Topliss-reactive ketones (excluding diaryl/α,β-unsaturated/α-hetero) is 1. The molecule has 2 atom stereocenters. The molecule has 194 valence electrons. The molecule has 0 radical (unpaired) electrons. The van der Waals surface area contributed by atoms with Gasteiger partial charge in [0.2, 0.25) is 0 Å². The van der Waals surface area contributed by atoms with Crippen molar-refractivity contribution in [2.24, 2.45) is 10.1 Å². The summed E-state index contributed by atoms with van der Waals surface area (Å²) in [6.45, 7) is 0. The van der Waals surface area contributed by atoms with Crippen LogP contribution < -0.4 is 4.74 Å². The Morgan fingerprint density at radius 1 is 1.00 bits per heavy atom. The van der Waals surface area contributed by atoms with Gasteiger partial charge >= 0.3 is 0 Å². The minimum Gasteiger partial charge on any atom is -0.497 e. The van der Waals surface area contributed by atoms with Gasteiger partial charge in [-0.3, -0.25) is 9.59 Å². The number of fused-ring (bicyclic) bond motifs is 1. The van der Waals surface area contributed by atoms with Crippen molar-refractivity contribution in [3.8, 4) is 5.75 Å². The number of methoxy groups -OCH3 is 1. The average Bonchev–Trinajstić information content (AvgIpc) is 3.57. The molecule has 4 aromatic carbocycles. The monoisotopic (exact) mass is 537 g/mol. The Morgan fingerprint density at radius 3 is 2.49 bits per heavy atom. The molecule has 2 aliphatic heterocycles. The molecule has 0 saturated heterocycles. The first-order valence-electron chi connectivity index (χ1n) is 12.6. The molecular formula is C31H24FN3O3S. The van der Waals surface area contributed by atoms with E-state index in [1.807, 2.05) is 36.4 Å². The molecule has 39 heavy (non-hydrogen) atoms. The summed E-state index contributed by atoms with van der Waals surface area (Å²) in [5.74, 6) is -0.262. The average molecular weight is 538 g/mol. The van der Waals surface area contributed by atoms with Crippen LogP contribution in [-0.4, -0.2) is 39.9 Å². The second kappa shape index (κ2) is 10.5. The summed E-state index contributed by atoms with van der Waals surface area (Å²) < 4.78 is 18.6. The Labute approximate surface area is 229 Å². The fourth-order valence-corrected chi connectivity index (χ4v) is 5.90. The predicted molar refractivity (Wildman–Crippen MR) is 152 cm³/mol. The summed E-state index contributed by atoms with van der Waals surface area (Å²) in [4.78, 5) is 30.0. The summed E-state index contributed by atoms with van der Waals surface area (Å²) in [6, 6.07) is 27.4. The number of hydrogen-bond donors (Lipinski definition) is 0. The van der Waals surface area contributed by atoms with Gasteiger partial charge in [-0.05, 0) is 64.4 Å². The summed E-state index contributed by atoms with van der Waals surface area (Å²) in [5.41, 5.74) is 3.28. The van der Waals surface area contributed by atoms with E-state index in [4.69, 9.17) is 9.84 Å². The van der Waals surface area contributed by atoms with Crippen LogP contribution in [0, 0.1) is 5.82 Å². The van der Waals surface area contributed by atoms with Crippen molar-refractivity contribution in [2.45, 2.75) is 24.1 Å². The quantitative estimate of drug-likeness (QED) is 0.266. The largest absolute Gasteiger partial charge is 0.497 e. The Hall–Kier alpha value is -4.30. The lowest BCUT2D eigenvalue weighted by atomic mass is 9.97. The number of amides is 1. The number of halogens is 1. The maximum atomic E-state index is 13.3. The van der Waals surface area contributed by atoms with E-state index in [0.717, 1.165) is 33.4 Å². The van der Waals surface area contributed by atoms with Gasteiger partial charge in [-0.1, -0.05) is 60.3 Å². The smallest absolute Gasteiger partial charge is 0.262 e. The van der Waals surface area contributed by atoms with Crippen LogP contribution >= 0.6 is 11.8 Å². The summed E-state index contributed by atoms with van der Waals surface area (Å²) >= 11 is 1.25. The number of rotatable bonds is 6. The first-order chi connectivity index (χ1) is 19.0. The second-order valence-electron chi connectivity index (χ2n) is 9.42. The SMILES string of the molecule is COc1ccc([C@@H]2CC(c3ccc4ccccc4c3)=NN2C2=NC(=O)[C@@H](CC(=O)c3ccc(F)cc3)S2)cc1. The van der Waals surface area contributed by atoms with E-state index in [0.29, 0.717) is 17.2 Å². The van der Waals surface area contributed by atoms with E-state index < -0.39 is 11.1 Å². The zero-order chi connectivity index (χ0) is 26.9. The van der Waals surface area contributed by atoms with Gasteiger partial charge in [-0.15, -0.1) is 0 Å². The minimum atomic E-state index is -0.658. The van der Waals surface area contributed by atoms with E-state index in [-0.39, 0.29) is 24.2 Å². The fraction of sp³-hybridized carbons (Fsp3) is 0.161. The lowest BCUT2D eigenvalue weighted by molar-refractivity contribution is -0.117. The third-order valence-electron chi connectivity index (χ3n) is 6.96. The molecule has 0 saturated carbocycles. The number of aliphatic imine (C=N–C) groups is 1. The number of nitrogens with zero attached hydrogens (tertiary/aromatic N) is 3. The number of carbonyl (C=O) groups excluding carboxylic acids is 2. The topological polar surface area (TPSA) is 71.3 Å². The van der Waals surface area contributed by atoms with E-state index in [2.05, 4.69) is 35.3 Å². The van der Waals surface area contributed by atoms with Crippen molar-refractivity contribution in [1.29, 1.82) is 0 Å². The molecule has 0 aromatic heterocycles. The van der Waals surface area contributed by atoms with Gasteiger partial charge in [0.1, 0.15) is 16.8 Å². The van der Waals surface area contributed by atoms with Gasteiger partial charge in [0, 0.05) is 18.4 Å². The van der Waals surface area contributed by atoms with Crippen LogP contribution in [0.1, 0.15) is 40.4 Å². The Balaban J connectivity index is 1.29. The third kappa shape index (κ3) is 5.07. The number of carbonyl (C=O) groups is 2. The van der Waals surface area contributed by atoms with E-state index >= 15 is 0 Å². The second-order valence-corrected chi connectivity index (χ2v) is 10.6. The van der Waals surface area contributed by atoms with E-state index in [9.17, 15) is 14.0 Å². The first-order valence-corrected chi connectivity index (χ1v) is 13.4. The van der Waals surface area contributed by atoms with Crippen LogP contribution in [0.3, 0.4) is 0 Å². The Bertz CT molecular complexity index is 1630. The number of hydrazone groups is 1. The van der Waals surface area contributed by atoms with Crippen molar-refractivity contribution in [3.63, 3.8) is 0 Å². The summed E-state index contributed by atoms with van der Waals surface area (Å²) in [7, 11) is 1.63. The zero-order valence-corrected chi connectivity index (χ0v) is 21.9. The molecule has 0 spiro atoms. The van der Waals surface area contributed by atoms with Gasteiger partial charge in [-0.2, -0.15) is 10.1 Å². The molecule has 2 aliphatic rings. The molecule has 6 nitrogen and oxygen atoms in total. The zero-order valence-electron chi connectivity index (χ0n) is 21.1. The molecule has 0 fully saturated rings. The van der Waals surface area contributed by atoms with Gasteiger partial charge in [-0.25, -0.2) is 9.40 Å². The molecule has 0 N–H and O–H groups in total. The molecule has 8 heteroatoms. The molecule has 0 unspecified atom stereocenters. The standard InChI is InChI=1S/C31H24FN3O3S/c1-38-25-14-10-20(11-15-25)27-17-26(23-7-6-19-4-2-3-5-22(19)16-23)34-35(27)31-33-30(37)29(39-31)18-28(36)21-8-12-24(32)13-9-21/h2-16,27,29H,17-18H2,1H3/t27-,29+/m0/s1. The van der Waals surface area contributed by atoms with Gasteiger partial charge in [0.25, 0.3) is 5.91 Å². The normalized spacial score (nSPS) is 18.8. The first kappa shape index (κ1) is 25.0. The Kier molecular flexibility index (Phi) is 6.70. The highest BCUT2D eigenvalue weighted by Gasteiger charge is 2.39. The minimum absolute atomic E-state index is 0.0234. The summed E-state index contributed by atoms with van der Waals surface area (Å²) in [5, 5.41) is 8.84. The van der Waals surface area contributed by atoms with Crippen molar-refractivity contribution < 1.29 is 18.7 Å². The number of thioether (sulfide) groups is 1.